The average molecular weight is 486 g/mol. The molecule has 5 aromatic rings. The molecular formula is C26H22N4O6. The molecule has 0 aliphatic heterocycles. The minimum Gasteiger partial charge on any atom is -0.491 e. The van der Waals surface area contributed by atoms with Crippen LogP contribution in [0.2, 0.25) is 0 Å². The molecule has 5 rings (SSSR count). The predicted molar refractivity (Wildman–Crippen MR) is 132 cm³/mol. The van der Waals surface area contributed by atoms with Crippen molar-refractivity contribution in [2.24, 2.45) is 7.05 Å². The fourth-order valence-electron chi connectivity index (χ4n) is 3.89. The maximum absolute atomic E-state index is 12.7. The molecule has 0 aliphatic carbocycles. The van der Waals surface area contributed by atoms with Crippen LogP contribution in [-0.4, -0.2) is 42.9 Å². The third kappa shape index (κ3) is 4.49. The number of H-pyrrole nitrogens is 1. The van der Waals surface area contributed by atoms with E-state index in [-0.39, 0.29) is 35.9 Å². The lowest BCUT2D eigenvalue weighted by atomic mass is 10.1. The average Bonchev–Trinajstić information content (AvgIpc) is 3.24. The Labute approximate surface area is 204 Å². The molecule has 0 amide bonds. The Morgan fingerprint density at radius 1 is 1.03 bits per heavy atom. The first kappa shape index (κ1) is 23.1. The molecule has 0 radical (unpaired) electrons. The van der Waals surface area contributed by atoms with Gasteiger partial charge in [0.05, 0.1) is 12.1 Å². The molecule has 36 heavy (non-hydrogen) atoms. The molecule has 182 valence electrons. The Morgan fingerprint density at radius 2 is 1.75 bits per heavy atom. The van der Waals surface area contributed by atoms with Crippen LogP contribution in [0.15, 0.2) is 82.4 Å². The highest BCUT2D eigenvalue weighted by Crippen LogP contribution is 2.22. The molecule has 0 fully saturated rings. The maximum Gasteiger partial charge on any atom is 0.345 e. The van der Waals surface area contributed by atoms with E-state index in [0.717, 1.165) is 15.3 Å². The molecule has 0 bridgehead atoms. The largest absolute Gasteiger partial charge is 0.491 e. The second kappa shape index (κ2) is 9.51. The standard InChI is InChI=1S/C26H22N4O6/c1-29-22-21(23(32)28-25(29)34)30(26(27-22)36-24(33)17-8-3-2-4-9-17)14-19(31)15-35-20-12-11-16-7-5-6-10-18(16)13-20/h2-13,19,31H,14-15H2,1H3,(H,28,32,34)/t19-/m0/s1. The molecule has 1 atom stereocenters. The highest BCUT2D eigenvalue weighted by molar-refractivity contribution is 5.91. The zero-order chi connectivity index (χ0) is 25.2. The van der Waals surface area contributed by atoms with Crippen molar-refractivity contribution in [2.45, 2.75) is 12.6 Å². The van der Waals surface area contributed by atoms with Crippen LogP contribution in [0.5, 0.6) is 11.8 Å². The molecule has 10 nitrogen and oxygen atoms in total. The number of aliphatic hydroxyl groups excluding tert-OH is 1. The van der Waals surface area contributed by atoms with Gasteiger partial charge in [0.2, 0.25) is 0 Å². The highest BCUT2D eigenvalue weighted by atomic mass is 16.6. The SMILES string of the molecule is Cn1c(=O)[nH]c(=O)c2c1nc(OC(=O)c1ccccc1)n2C[C@H](O)COc1ccc2ccccc2c1. The van der Waals surface area contributed by atoms with E-state index in [1.165, 1.54) is 11.6 Å². The number of fused-ring (bicyclic) bond motifs is 2. The first-order chi connectivity index (χ1) is 17.4. The number of hydrogen-bond donors (Lipinski definition) is 2. The number of nitrogens with zero attached hydrogens (tertiary/aromatic N) is 3. The molecule has 10 heteroatoms. The van der Waals surface area contributed by atoms with E-state index >= 15 is 0 Å². The molecule has 2 aromatic heterocycles. The van der Waals surface area contributed by atoms with Crippen molar-refractivity contribution in [1.29, 1.82) is 0 Å². The number of esters is 1. The summed E-state index contributed by atoms with van der Waals surface area (Å²) in [5.41, 5.74) is -1.11. The number of imidazole rings is 1. The zero-order valence-electron chi connectivity index (χ0n) is 19.2. The van der Waals surface area contributed by atoms with Crippen LogP contribution in [0.25, 0.3) is 21.9 Å². The summed E-state index contributed by atoms with van der Waals surface area (Å²) in [5, 5.41) is 12.8. The van der Waals surface area contributed by atoms with E-state index in [9.17, 15) is 19.5 Å². The lowest BCUT2D eigenvalue weighted by Crippen LogP contribution is -2.30. The van der Waals surface area contributed by atoms with Crippen LogP contribution < -0.4 is 20.7 Å². The van der Waals surface area contributed by atoms with Gasteiger partial charge in [0.1, 0.15) is 18.5 Å². The number of carbonyl (C=O) groups excluding carboxylic acids is 1. The normalized spacial score (nSPS) is 12.1. The van der Waals surface area contributed by atoms with Crippen molar-refractivity contribution >= 4 is 27.9 Å². The van der Waals surface area contributed by atoms with Crippen molar-refractivity contribution in [3.8, 4) is 11.8 Å². The van der Waals surface area contributed by atoms with Gasteiger partial charge in [-0.1, -0.05) is 48.5 Å². The van der Waals surface area contributed by atoms with E-state index in [0.29, 0.717) is 5.75 Å². The third-order valence-corrected chi connectivity index (χ3v) is 5.72. The summed E-state index contributed by atoms with van der Waals surface area (Å²) in [5.74, 6) is -0.130. The number of aromatic amines is 1. The van der Waals surface area contributed by atoms with Gasteiger partial charge in [-0.2, -0.15) is 4.98 Å². The van der Waals surface area contributed by atoms with E-state index in [1.54, 1.807) is 36.4 Å². The van der Waals surface area contributed by atoms with Crippen molar-refractivity contribution in [3.63, 3.8) is 0 Å². The number of carbonyl (C=O) groups is 1. The number of aromatic nitrogens is 4. The number of rotatable bonds is 7. The Hall–Kier alpha value is -4.70. The van der Waals surface area contributed by atoms with Crippen LogP contribution in [0.3, 0.4) is 0 Å². The minimum absolute atomic E-state index is 0.0160. The van der Waals surface area contributed by atoms with Gasteiger partial charge in [0, 0.05) is 7.05 Å². The molecular weight excluding hydrogens is 464 g/mol. The first-order valence-electron chi connectivity index (χ1n) is 11.2. The first-order valence-corrected chi connectivity index (χ1v) is 11.2. The zero-order valence-corrected chi connectivity index (χ0v) is 19.2. The number of ether oxygens (including phenoxy) is 2. The predicted octanol–water partition coefficient (Wildman–Crippen LogP) is 2.24. The van der Waals surface area contributed by atoms with Crippen LogP contribution in [0.1, 0.15) is 10.4 Å². The molecule has 0 saturated heterocycles. The monoisotopic (exact) mass is 486 g/mol. The van der Waals surface area contributed by atoms with Crippen LogP contribution >= 0.6 is 0 Å². The van der Waals surface area contributed by atoms with Gasteiger partial charge in [0.25, 0.3) is 5.56 Å². The Morgan fingerprint density at radius 3 is 2.53 bits per heavy atom. The fraction of sp³-hybridized carbons (Fsp3) is 0.154. The Bertz CT molecular complexity index is 1690. The van der Waals surface area contributed by atoms with Crippen LogP contribution in [0.4, 0.5) is 0 Å². The molecule has 0 saturated carbocycles. The summed E-state index contributed by atoms with van der Waals surface area (Å²) in [6.07, 6.45) is -1.10. The molecule has 0 unspecified atom stereocenters. The quantitative estimate of drug-likeness (QED) is 0.338. The molecule has 0 aliphatic rings. The number of benzene rings is 3. The van der Waals surface area contributed by atoms with Gasteiger partial charge < -0.3 is 14.6 Å². The summed E-state index contributed by atoms with van der Waals surface area (Å²) >= 11 is 0. The van der Waals surface area contributed by atoms with Gasteiger partial charge in [-0.25, -0.2) is 9.59 Å². The van der Waals surface area contributed by atoms with Crippen molar-refractivity contribution in [1.82, 2.24) is 19.1 Å². The highest BCUT2D eigenvalue weighted by Gasteiger charge is 2.23. The summed E-state index contributed by atoms with van der Waals surface area (Å²) in [7, 11) is 1.43. The van der Waals surface area contributed by atoms with Crippen molar-refractivity contribution in [3.05, 3.63) is 99.2 Å². The number of nitrogens with one attached hydrogen (secondary N) is 1. The van der Waals surface area contributed by atoms with E-state index in [4.69, 9.17) is 9.47 Å². The second-order valence-corrected chi connectivity index (χ2v) is 8.22. The van der Waals surface area contributed by atoms with E-state index in [2.05, 4.69) is 9.97 Å². The summed E-state index contributed by atoms with van der Waals surface area (Å²) in [4.78, 5) is 43.8. The number of aliphatic hydroxyl groups is 1. The van der Waals surface area contributed by atoms with Crippen molar-refractivity contribution < 1.29 is 19.4 Å². The van der Waals surface area contributed by atoms with E-state index < -0.39 is 23.3 Å². The molecule has 3 aromatic carbocycles. The maximum atomic E-state index is 12.7. The van der Waals surface area contributed by atoms with Gasteiger partial charge >= 0.3 is 17.7 Å². The van der Waals surface area contributed by atoms with Gasteiger partial charge in [-0.3, -0.25) is 18.9 Å². The topological polar surface area (TPSA) is 128 Å². The van der Waals surface area contributed by atoms with Gasteiger partial charge in [0.15, 0.2) is 11.2 Å². The Kier molecular flexibility index (Phi) is 6.09. The lowest BCUT2D eigenvalue weighted by Gasteiger charge is -2.15. The fourth-order valence-corrected chi connectivity index (χ4v) is 3.89. The van der Waals surface area contributed by atoms with Crippen molar-refractivity contribution in [2.75, 3.05) is 6.61 Å². The lowest BCUT2D eigenvalue weighted by molar-refractivity contribution is 0.0684. The van der Waals surface area contributed by atoms with Gasteiger partial charge in [-0.15, -0.1) is 0 Å². The molecule has 0 spiro atoms. The Balaban J connectivity index is 1.43. The van der Waals surface area contributed by atoms with Gasteiger partial charge in [-0.05, 0) is 35.0 Å². The molecule has 2 N–H and O–H groups in total. The summed E-state index contributed by atoms with van der Waals surface area (Å²) in [6.45, 7) is -0.281. The van der Waals surface area contributed by atoms with Crippen LogP contribution in [0, 0.1) is 0 Å². The van der Waals surface area contributed by atoms with Crippen LogP contribution in [-0.2, 0) is 13.6 Å². The second-order valence-electron chi connectivity index (χ2n) is 8.22. The van der Waals surface area contributed by atoms with E-state index in [1.807, 2.05) is 36.4 Å². The molecule has 2 heterocycles. The summed E-state index contributed by atoms with van der Waals surface area (Å²) in [6, 6.07) is 21.4. The number of aryl methyl sites for hydroxylation is 1. The third-order valence-electron chi connectivity index (χ3n) is 5.72. The summed E-state index contributed by atoms with van der Waals surface area (Å²) < 4.78 is 13.6. The minimum atomic E-state index is -1.10. The smallest absolute Gasteiger partial charge is 0.345 e. The number of hydrogen-bond acceptors (Lipinski definition) is 7.